The van der Waals surface area contributed by atoms with Crippen LogP contribution in [0.15, 0.2) is 16.8 Å². The highest BCUT2D eigenvalue weighted by Crippen LogP contribution is 2.14. The van der Waals surface area contributed by atoms with Crippen LogP contribution in [-0.2, 0) is 0 Å². The second-order valence-corrected chi connectivity index (χ2v) is 2.84. The van der Waals surface area contributed by atoms with Crippen LogP contribution < -0.4 is 0 Å². The van der Waals surface area contributed by atoms with Crippen molar-refractivity contribution in [3.63, 3.8) is 0 Å². The van der Waals surface area contributed by atoms with Crippen LogP contribution in [0.5, 0.6) is 0 Å². The van der Waals surface area contributed by atoms with Crippen molar-refractivity contribution >= 4 is 17.4 Å². The largest absolute Gasteiger partial charge is 0.392 e. The number of aryl methyl sites for hydroxylation is 1. The van der Waals surface area contributed by atoms with Gasteiger partial charge < -0.3 is 5.11 Å². The SMILES string of the molecule is Cc1cscc1C=CCO. The normalized spacial score (nSPS) is 11.0. The van der Waals surface area contributed by atoms with Crippen molar-refractivity contribution in [3.05, 3.63) is 28.0 Å². The molecular weight excluding hydrogens is 144 g/mol. The van der Waals surface area contributed by atoms with E-state index in [1.54, 1.807) is 17.4 Å². The molecule has 1 nitrogen and oxygen atoms in total. The maximum Gasteiger partial charge on any atom is 0.0615 e. The Kier molecular flexibility index (Phi) is 2.66. The summed E-state index contributed by atoms with van der Waals surface area (Å²) in [5, 5.41) is 12.6. The van der Waals surface area contributed by atoms with E-state index in [1.165, 1.54) is 11.1 Å². The summed E-state index contributed by atoms with van der Waals surface area (Å²) in [6.07, 6.45) is 3.68. The van der Waals surface area contributed by atoms with E-state index in [0.29, 0.717) is 0 Å². The lowest BCUT2D eigenvalue weighted by molar-refractivity contribution is 0.343. The van der Waals surface area contributed by atoms with Crippen molar-refractivity contribution in [1.29, 1.82) is 0 Å². The molecule has 1 aromatic heterocycles. The molecule has 54 valence electrons. The standard InChI is InChI=1S/C8H10OS/c1-7-5-10-6-8(7)3-2-4-9/h2-3,5-6,9H,4H2,1H3. The fourth-order valence-corrected chi connectivity index (χ4v) is 1.54. The lowest BCUT2D eigenvalue weighted by atomic mass is 10.2. The van der Waals surface area contributed by atoms with Gasteiger partial charge in [0.15, 0.2) is 0 Å². The zero-order valence-corrected chi connectivity index (χ0v) is 6.69. The number of hydrogen-bond acceptors (Lipinski definition) is 2. The Hall–Kier alpha value is -0.600. The summed E-state index contributed by atoms with van der Waals surface area (Å²) in [5.41, 5.74) is 2.48. The van der Waals surface area contributed by atoms with Crippen molar-refractivity contribution in [2.24, 2.45) is 0 Å². The van der Waals surface area contributed by atoms with E-state index >= 15 is 0 Å². The molecule has 0 saturated heterocycles. The van der Waals surface area contributed by atoms with E-state index in [0.717, 1.165) is 0 Å². The summed E-state index contributed by atoms with van der Waals surface area (Å²) >= 11 is 1.68. The average molecular weight is 154 g/mol. The van der Waals surface area contributed by atoms with E-state index in [1.807, 2.05) is 6.08 Å². The molecule has 0 aliphatic carbocycles. The van der Waals surface area contributed by atoms with Gasteiger partial charge in [0.25, 0.3) is 0 Å². The Bertz CT molecular complexity index is 225. The van der Waals surface area contributed by atoms with Gasteiger partial charge in [-0.15, -0.1) is 0 Å². The molecule has 0 saturated carbocycles. The highest BCUT2D eigenvalue weighted by Gasteiger charge is 1.91. The molecule has 10 heavy (non-hydrogen) atoms. The first kappa shape index (κ1) is 7.51. The minimum atomic E-state index is 0.120. The van der Waals surface area contributed by atoms with E-state index in [2.05, 4.69) is 17.7 Å². The van der Waals surface area contributed by atoms with Crippen LogP contribution in [0.1, 0.15) is 11.1 Å². The van der Waals surface area contributed by atoms with Crippen LogP contribution in [0.2, 0.25) is 0 Å². The lowest BCUT2D eigenvalue weighted by Crippen LogP contribution is -1.72. The van der Waals surface area contributed by atoms with Crippen molar-refractivity contribution in [1.82, 2.24) is 0 Å². The fraction of sp³-hybridized carbons (Fsp3) is 0.250. The minimum absolute atomic E-state index is 0.120. The van der Waals surface area contributed by atoms with E-state index in [9.17, 15) is 0 Å². The van der Waals surface area contributed by atoms with Crippen LogP contribution in [0.4, 0.5) is 0 Å². The molecule has 0 atom stereocenters. The van der Waals surface area contributed by atoms with E-state index in [-0.39, 0.29) is 6.61 Å². The molecule has 1 aromatic rings. The number of rotatable bonds is 2. The van der Waals surface area contributed by atoms with Gasteiger partial charge in [0.1, 0.15) is 0 Å². The van der Waals surface area contributed by atoms with Crippen LogP contribution in [0.25, 0.3) is 6.08 Å². The molecule has 0 fully saturated rings. The van der Waals surface area contributed by atoms with Gasteiger partial charge in [-0.25, -0.2) is 0 Å². The Morgan fingerprint density at radius 2 is 2.40 bits per heavy atom. The zero-order chi connectivity index (χ0) is 7.40. The second-order valence-electron chi connectivity index (χ2n) is 2.10. The maximum absolute atomic E-state index is 8.47. The van der Waals surface area contributed by atoms with Crippen molar-refractivity contribution < 1.29 is 5.11 Å². The summed E-state index contributed by atoms with van der Waals surface area (Å²) in [7, 11) is 0. The van der Waals surface area contributed by atoms with Gasteiger partial charge in [-0.2, -0.15) is 11.3 Å². The van der Waals surface area contributed by atoms with Crippen LogP contribution >= 0.6 is 11.3 Å². The quantitative estimate of drug-likeness (QED) is 0.691. The van der Waals surface area contributed by atoms with Gasteiger partial charge in [-0.05, 0) is 28.8 Å². The predicted octanol–water partition coefficient (Wildman–Crippen LogP) is 2.06. The second kappa shape index (κ2) is 3.54. The fourth-order valence-electron chi connectivity index (χ4n) is 0.721. The molecule has 1 N–H and O–H groups in total. The molecule has 0 aliphatic heterocycles. The average Bonchev–Trinajstić information content (AvgIpc) is 2.31. The predicted molar refractivity (Wildman–Crippen MR) is 45.2 cm³/mol. The van der Waals surface area contributed by atoms with Gasteiger partial charge >= 0.3 is 0 Å². The molecule has 2 heteroatoms. The minimum Gasteiger partial charge on any atom is -0.392 e. The highest BCUT2D eigenvalue weighted by atomic mass is 32.1. The number of aliphatic hydroxyl groups excluding tert-OH is 1. The van der Waals surface area contributed by atoms with Gasteiger partial charge in [-0.1, -0.05) is 12.2 Å². The van der Waals surface area contributed by atoms with Gasteiger partial charge in [-0.3, -0.25) is 0 Å². The Balaban J connectivity index is 2.74. The molecule has 1 heterocycles. The summed E-state index contributed by atoms with van der Waals surface area (Å²) < 4.78 is 0. The maximum atomic E-state index is 8.47. The topological polar surface area (TPSA) is 20.2 Å². The number of thiophene rings is 1. The third-order valence-corrected chi connectivity index (χ3v) is 2.18. The van der Waals surface area contributed by atoms with Gasteiger partial charge in [0.2, 0.25) is 0 Å². The summed E-state index contributed by atoms with van der Waals surface area (Å²) in [6, 6.07) is 0. The van der Waals surface area contributed by atoms with Gasteiger partial charge in [0, 0.05) is 0 Å². The molecule has 0 unspecified atom stereocenters. The van der Waals surface area contributed by atoms with Crippen LogP contribution in [-0.4, -0.2) is 11.7 Å². The third-order valence-electron chi connectivity index (χ3n) is 1.30. The zero-order valence-electron chi connectivity index (χ0n) is 5.87. The first-order chi connectivity index (χ1) is 4.84. The molecule has 0 amide bonds. The molecule has 0 aliphatic rings. The molecule has 0 bridgehead atoms. The smallest absolute Gasteiger partial charge is 0.0615 e. The van der Waals surface area contributed by atoms with Gasteiger partial charge in [0.05, 0.1) is 6.61 Å². The molecule has 1 rings (SSSR count). The first-order valence-electron chi connectivity index (χ1n) is 3.15. The summed E-state index contributed by atoms with van der Waals surface area (Å²) in [5.74, 6) is 0. The van der Waals surface area contributed by atoms with Crippen molar-refractivity contribution in [2.45, 2.75) is 6.92 Å². The summed E-state index contributed by atoms with van der Waals surface area (Å²) in [6.45, 7) is 2.18. The lowest BCUT2D eigenvalue weighted by Gasteiger charge is -1.86. The molecule has 0 radical (unpaired) electrons. The van der Waals surface area contributed by atoms with Crippen molar-refractivity contribution in [3.8, 4) is 0 Å². The Morgan fingerprint density at radius 3 is 2.90 bits per heavy atom. The van der Waals surface area contributed by atoms with Crippen molar-refractivity contribution in [2.75, 3.05) is 6.61 Å². The molecule has 0 spiro atoms. The Morgan fingerprint density at radius 1 is 1.60 bits per heavy atom. The molecule has 0 aromatic carbocycles. The molecular formula is C8H10OS. The number of aliphatic hydroxyl groups is 1. The Labute approximate surface area is 64.6 Å². The first-order valence-corrected chi connectivity index (χ1v) is 4.09. The third kappa shape index (κ3) is 1.69. The van der Waals surface area contributed by atoms with E-state index < -0.39 is 0 Å². The van der Waals surface area contributed by atoms with E-state index in [4.69, 9.17) is 5.11 Å². The number of hydrogen-bond donors (Lipinski definition) is 1. The highest BCUT2D eigenvalue weighted by molar-refractivity contribution is 7.08. The summed E-state index contributed by atoms with van der Waals surface area (Å²) in [4.78, 5) is 0. The van der Waals surface area contributed by atoms with Crippen LogP contribution in [0.3, 0.4) is 0 Å². The van der Waals surface area contributed by atoms with Crippen LogP contribution in [0, 0.1) is 6.92 Å². The monoisotopic (exact) mass is 154 g/mol.